The quantitative estimate of drug-likeness (QED) is 0.470. The summed E-state index contributed by atoms with van der Waals surface area (Å²) in [6, 6.07) is 14.6. The van der Waals surface area contributed by atoms with Crippen LogP contribution in [0.1, 0.15) is 38.6 Å². The van der Waals surface area contributed by atoms with Crippen LogP contribution >= 0.6 is 0 Å². The number of aryl methyl sites for hydroxylation is 1. The third-order valence-corrected chi connectivity index (χ3v) is 5.82. The summed E-state index contributed by atoms with van der Waals surface area (Å²) in [6.45, 7) is 0. The standard InChI is InChI=1S/C19H20N4O2.C7H6O2/c1-23(2)13-4-6-18-15(10-13)14-9-12(3-5-17(14)25-18)22-19(24)16-11-20-7-8-21-16;8-7(9)6-4-2-1-3-5-6/h3,5,7-9,11,13H,4,6,10H2,1-2H3,(H,22,24);1-5H,(H,8,9). The molecule has 1 atom stereocenters. The predicted octanol–water partition coefficient (Wildman–Crippen LogP) is 4.28. The Balaban J connectivity index is 0.000000257. The SMILES string of the molecule is CN(C)C1CCc2oc3ccc(NC(=O)c4cnccn4)cc3c2C1.O=C(O)c1ccccc1. The van der Waals surface area contributed by atoms with E-state index in [1.165, 1.54) is 18.0 Å². The molecule has 0 fully saturated rings. The minimum atomic E-state index is -0.879. The van der Waals surface area contributed by atoms with Crippen molar-refractivity contribution in [1.29, 1.82) is 0 Å². The number of fused-ring (bicyclic) bond motifs is 3. The van der Waals surface area contributed by atoms with Crippen LogP contribution in [0.25, 0.3) is 11.0 Å². The number of hydrogen-bond donors (Lipinski definition) is 2. The lowest BCUT2D eigenvalue weighted by Crippen LogP contribution is -2.33. The van der Waals surface area contributed by atoms with Crippen LogP contribution in [0.5, 0.6) is 0 Å². The first-order chi connectivity index (χ1) is 16.4. The maximum atomic E-state index is 12.3. The second-order valence-corrected chi connectivity index (χ2v) is 8.29. The van der Waals surface area contributed by atoms with E-state index in [-0.39, 0.29) is 5.91 Å². The molecular formula is C26H26N4O4. The van der Waals surface area contributed by atoms with E-state index in [0.717, 1.165) is 41.7 Å². The first-order valence-electron chi connectivity index (χ1n) is 11.0. The van der Waals surface area contributed by atoms with E-state index in [1.807, 2.05) is 18.2 Å². The van der Waals surface area contributed by atoms with Crippen LogP contribution in [0.15, 0.2) is 71.5 Å². The highest BCUT2D eigenvalue weighted by atomic mass is 16.4. The number of hydrogen-bond acceptors (Lipinski definition) is 6. The summed E-state index contributed by atoms with van der Waals surface area (Å²) in [7, 11) is 4.23. The van der Waals surface area contributed by atoms with Gasteiger partial charge in [-0.15, -0.1) is 0 Å². The van der Waals surface area contributed by atoms with Crippen LogP contribution in [0.2, 0.25) is 0 Å². The van der Waals surface area contributed by atoms with Crippen molar-refractivity contribution in [2.24, 2.45) is 0 Å². The second kappa shape index (κ2) is 10.3. The monoisotopic (exact) mass is 458 g/mol. The number of rotatable bonds is 4. The Morgan fingerprint density at radius 1 is 1.12 bits per heavy atom. The number of carbonyl (C=O) groups is 2. The fourth-order valence-corrected chi connectivity index (χ4v) is 3.97. The summed E-state index contributed by atoms with van der Waals surface area (Å²) in [5.74, 6) is -0.0721. The number of aromatic carboxylic acids is 1. The van der Waals surface area contributed by atoms with Gasteiger partial charge in [-0.3, -0.25) is 9.78 Å². The Kier molecular flexibility index (Phi) is 6.98. The van der Waals surface area contributed by atoms with Crippen LogP contribution in [0.4, 0.5) is 5.69 Å². The number of nitrogens with one attached hydrogen (secondary N) is 1. The molecule has 1 aliphatic rings. The highest BCUT2D eigenvalue weighted by Gasteiger charge is 2.25. The summed E-state index contributed by atoms with van der Waals surface area (Å²) in [6.07, 6.45) is 7.53. The van der Waals surface area contributed by atoms with Gasteiger partial charge in [-0.05, 0) is 57.3 Å². The first-order valence-corrected chi connectivity index (χ1v) is 11.0. The van der Waals surface area contributed by atoms with E-state index < -0.39 is 5.97 Å². The van der Waals surface area contributed by atoms with Gasteiger partial charge in [0.15, 0.2) is 0 Å². The molecule has 0 bridgehead atoms. The molecule has 8 nitrogen and oxygen atoms in total. The molecule has 0 saturated carbocycles. The van der Waals surface area contributed by atoms with Gasteiger partial charge in [0.2, 0.25) is 0 Å². The zero-order valence-corrected chi connectivity index (χ0v) is 19.1. The van der Waals surface area contributed by atoms with Crippen LogP contribution < -0.4 is 5.32 Å². The molecule has 1 aliphatic carbocycles. The van der Waals surface area contributed by atoms with Gasteiger partial charge < -0.3 is 19.7 Å². The Morgan fingerprint density at radius 3 is 2.56 bits per heavy atom. The summed E-state index contributed by atoms with van der Waals surface area (Å²) in [5.41, 5.74) is 3.50. The Bertz CT molecular complexity index is 1290. The minimum absolute atomic E-state index is 0.268. The average Bonchev–Trinajstić information content (AvgIpc) is 3.22. The summed E-state index contributed by atoms with van der Waals surface area (Å²) in [4.78, 5) is 32.7. The van der Waals surface area contributed by atoms with Gasteiger partial charge in [0, 0.05) is 41.5 Å². The lowest BCUT2D eigenvalue weighted by Gasteiger charge is -2.27. The fraction of sp³-hybridized carbons (Fsp3) is 0.231. The Hall–Kier alpha value is -4.04. The molecule has 8 heteroatoms. The summed E-state index contributed by atoms with van der Waals surface area (Å²) in [5, 5.41) is 12.4. The first kappa shape index (κ1) is 23.1. The van der Waals surface area contributed by atoms with Gasteiger partial charge in [-0.25, -0.2) is 9.78 Å². The van der Waals surface area contributed by atoms with E-state index in [4.69, 9.17) is 9.52 Å². The van der Waals surface area contributed by atoms with Crippen molar-refractivity contribution >= 4 is 28.5 Å². The van der Waals surface area contributed by atoms with Crippen LogP contribution in [-0.2, 0) is 12.8 Å². The third kappa shape index (κ3) is 5.29. The maximum Gasteiger partial charge on any atom is 0.335 e. The lowest BCUT2D eigenvalue weighted by molar-refractivity contribution is 0.0696. The van der Waals surface area contributed by atoms with E-state index in [1.54, 1.807) is 36.5 Å². The van der Waals surface area contributed by atoms with Gasteiger partial charge in [0.1, 0.15) is 17.0 Å². The molecule has 34 heavy (non-hydrogen) atoms. The van der Waals surface area contributed by atoms with Crippen molar-refractivity contribution in [2.75, 3.05) is 19.4 Å². The molecule has 5 rings (SSSR count). The number of nitrogens with zero attached hydrogens (tertiary/aromatic N) is 3. The average molecular weight is 459 g/mol. The molecule has 1 amide bonds. The van der Waals surface area contributed by atoms with Crippen LogP contribution in [-0.4, -0.2) is 52.0 Å². The number of amides is 1. The second-order valence-electron chi connectivity index (χ2n) is 8.29. The van der Waals surface area contributed by atoms with E-state index in [0.29, 0.717) is 17.3 Å². The molecular weight excluding hydrogens is 432 g/mol. The molecule has 1 unspecified atom stereocenters. The van der Waals surface area contributed by atoms with Gasteiger partial charge in [-0.2, -0.15) is 0 Å². The summed E-state index contributed by atoms with van der Waals surface area (Å²) < 4.78 is 6.01. The number of aromatic nitrogens is 2. The van der Waals surface area contributed by atoms with Crippen LogP contribution in [0, 0.1) is 0 Å². The highest BCUT2D eigenvalue weighted by molar-refractivity contribution is 6.03. The maximum absolute atomic E-state index is 12.3. The molecule has 0 saturated heterocycles. The number of furan rings is 1. The van der Waals surface area contributed by atoms with Gasteiger partial charge in [0.05, 0.1) is 11.8 Å². The molecule has 0 spiro atoms. The Morgan fingerprint density at radius 2 is 1.91 bits per heavy atom. The number of carbonyl (C=O) groups excluding carboxylic acids is 1. The normalized spacial score (nSPS) is 14.7. The Labute approximate surface area is 197 Å². The van der Waals surface area contributed by atoms with Crippen molar-refractivity contribution in [2.45, 2.75) is 25.3 Å². The zero-order valence-electron chi connectivity index (χ0n) is 19.1. The van der Waals surface area contributed by atoms with Crippen molar-refractivity contribution in [3.8, 4) is 0 Å². The molecule has 0 radical (unpaired) electrons. The highest BCUT2D eigenvalue weighted by Crippen LogP contribution is 2.34. The van der Waals surface area contributed by atoms with Crippen molar-refractivity contribution in [3.63, 3.8) is 0 Å². The number of carboxylic acids is 1. The van der Waals surface area contributed by atoms with Gasteiger partial charge in [-0.1, -0.05) is 18.2 Å². The molecule has 174 valence electrons. The van der Waals surface area contributed by atoms with E-state index in [2.05, 4.69) is 34.3 Å². The number of likely N-dealkylation sites (N-methyl/N-ethyl adjacent to an activating group) is 1. The van der Waals surface area contributed by atoms with Crippen molar-refractivity contribution < 1.29 is 19.1 Å². The van der Waals surface area contributed by atoms with Crippen molar-refractivity contribution in [1.82, 2.24) is 14.9 Å². The van der Waals surface area contributed by atoms with Crippen molar-refractivity contribution in [3.05, 3.63) is 89.7 Å². The molecule has 2 aromatic carbocycles. The number of benzene rings is 2. The van der Waals surface area contributed by atoms with Crippen LogP contribution in [0.3, 0.4) is 0 Å². The third-order valence-electron chi connectivity index (χ3n) is 5.82. The van der Waals surface area contributed by atoms with E-state index in [9.17, 15) is 9.59 Å². The molecule has 2 heterocycles. The molecule has 4 aromatic rings. The fourth-order valence-electron chi connectivity index (χ4n) is 3.97. The zero-order chi connectivity index (χ0) is 24.1. The molecule has 0 aliphatic heterocycles. The van der Waals surface area contributed by atoms with E-state index >= 15 is 0 Å². The number of anilines is 1. The smallest absolute Gasteiger partial charge is 0.335 e. The summed E-state index contributed by atoms with van der Waals surface area (Å²) >= 11 is 0. The molecule has 2 aromatic heterocycles. The largest absolute Gasteiger partial charge is 0.478 e. The minimum Gasteiger partial charge on any atom is -0.478 e. The van der Waals surface area contributed by atoms with Gasteiger partial charge >= 0.3 is 5.97 Å². The topological polar surface area (TPSA) is 109 Å². The van der Waals surface area contributed by atoms with Gasteiger partial charge in [0.25, 0.3) is 5.91 Å². The lowest BCUT2D eigenvalue weighted by atomic mass is 9.91. The molecule has 2 N–H and O–H groups in total. The number of carboxylic acid groups (broad SMARTS) is 1. The predicted molar refractivity (Wildman–Crippen MR) is 129 cm³/mol.